The first-order chi connectivity index (χ1) is 11.4. The first-order valence-corrected chi connectivity index (χ1v) is 10.3. The van der Waals surface area contributed by atoms with Crippen molar-refractivity contribution in [2.75, 3.05) is 5.75 Å². The van der Waals surface area contributed by atoms with Crippen LogP contribution in [0.4, 0.5) is 4.39 Å². The minimum Gasteiger partial charge on any atom is -0.299 e. The second-order valence-corrected chi connectivity index (χ2v) is 9.36. The second-order valence-electron chi connectivity index (χ2n) is 6.43. The molecule has 0 saturated heterocycles. The Morgan fingerprint density at radius 1 is 1.17 bits per heavy atom. The van der Waals surface area contributed by atoms with Crippen LogP contribution in [0, 0.1) is 11.7 Å². The molecule has 0 aromatic heterocycles. The fraction of sp³-hybridized carbons (Fsp3) is 0.412. The molecule has 4 rings (SSSR count). The molecule has 2 aliphatic heterocycles. The van der Waals surface area contributed by atoms with Crippen LogP contribution in [0.15, 0.2) is 38.3 Å². The van der Waals surface area contributed by atoms with Crippen molar-refractivity contribution in [3.63, 3.8) is 0 Å². The molecule has 1 aromatic carbocycles. The number of sulfone groups is 1. The smallest absolute Gasteiger partial charge is 0.177 e. The SMILES string of the molecule is O=C1CCC2=NC3=C(C(c4ccc(F)c(Br)c4)C12)S(=O)(=O)CCC3. The predicted octanol–water partition coefficient (Wildman–Crippen LogP) is 3.53. The summed E-state index contributed by atoms with van der Waals surface area (Å²) >= 11 is 3.16. The van der Waals surface area contributed by atoms with Crippen LogP contribution in [-0.4, -0.2) is 25.7 Å². The van der Waals surface area contributed by atoms with E-state index in [1.807, 2.05) is 0 Å². The lowest BCUT2D eigenvalue weighted by Crippen LogP contribution is -2.34. The number of ketones is 1. The average Bonchev–Trinajstić information content (AvgIpc) is 2.89. The van der Waals surface area contributed by atoms with Gasteiger partial charge in [0.1, 0.15) is 11.6 Å². The Hall–Kier alpha value is -1.34. The Morgan fingerprint density at radius 3 is 2.71 bits per heavy atom. The van der Waals surface area contributed by atoms with E-state index < -0.39 is 27.5 Å². The molecule has 2 unspecified atom stereocenters. The van der Waals surface area contributed by atoms with E-state index in [0.29, 0.717) is 36.9 Å². The van der Waals surface area contributed by atoms with Crippen LogP contribution >= 0.6 is 15.9 Å². The molecule has 0 N–H and O–H groups in total. The highest BCUT2D eigenvalue weighted by molar-refractivity contribution is 9.10. The Kier molecular flexibility index (Phi) is 3.76. The number of nitrogens with zero attached hydrogens (tertiary/aromatic N) is 1. The van der Waals surface area contributed by atoms with Gasteiger partial charge >= 0.3 is 0 Å². The Labute approximate surface area is 147 Å². The van der Waals surface area contributed by atoms with E-state index in [4.69, 9.17) is 0 Å². The summed E-state index contributed by atoms with van der Waals surface area (Å²) in [5.74, 6) is -1.43. The maximum atomic E-state index is 13.6. The number of carbonyl (C=O) groups is 1. The number of carbonyl (C=O) groups excluding carboxylic acids is 1. The molecule has 0 radical (unpaired) electrons. The van der Waals surface area contributed by atoms with E-state index in [1.54, 1.807) is 12.1 Å². The predicted molar refractivity (Wildman–Crippen MR) is 92.1 cm³/mol. The maximum absolute atomic E-state index is 13.6. The van der Waals surface area contributed by atoms with Crippen molar-refractivity contribution in [3.05, 3.63) is 44.7 Å². The zero-order valence-electron chi connectivity index (χ0n) is 12.8. The number of hydrogen-bond donors (Lipinski definition) is 0. The van der Waals surface area contributed by atoms with Crippen LogP contribution in [0.25, 0.3) is 0 Å². The van der Waals surface area contributed by atoms with Gasteiger partial charge in [0.15, 0.2) is 9.84 Å². The van der Waals surface area contributed by atoms with Crippen LogP contribution in [-0.2, 0) is 14.6 Å². The van der Waals surface area contributed by atoms with Gasteiger partial charge in [0.2, 0.25) is 0 Å². The number of rotatable bonds is 1. The van der Waals surface area contributed by atoms with Crippen LogP contribution in [0.1, 0.15) is 37.2 Å². The lowest BCUT2D eigenvalue weighted by Gasteiger charge is -2.33. The number of allylic oxidation sites excluding steroid dienone is 2. The molecule has 4 nitrogen and oxygen atoms in total. The second kappa shape index (κ2) is 5.59. The minimum absolute atomic E-state index is 0.0199. The standard InChI is InChI=1S/C17H15BrFNO3S/c18-10-8-9(3-4-11(10)19)15-16-12(5-6-14(16)21)20-13-2-1-7-24(22,23)17(13)15/h3-4,8,15-16H,1-2,5-7H2. The molecule has 2 heterocycles. The third-order valence-electron chi connectivity index (χ3n) is 4.98. The molecule has 0 spiro atoms. The summed E-state index contributed by atoms with van der Waals surface area (Å²) in [4.78, 5) is 17.3. The normalized spacial score (nSPS) is 28.4. The Bertz CT molecular complexity index is 920. The Balaban J connectivity index is 1.96. The fourth-order valence-electron chi connectivity index (χ4n) is 3.95. The highest BCUT2D eigenvalue weighted by Gasteiger charge is 2.47. The number of Topliss-reactive ketones (excluding diaryl/α,β-unsaturated/α-hetero) is 1. The van der Waals surface area contributed by atoms with Gasteiger partial charge < -0.3 is 0 Å². The summed E-state index contributed by atoms with van der Waals surface area (Å²) in [6, 6.07) is 4.47. The molecular weight excluding hydrogens is 397 g/mol. The van der Waals surface area contributed by atoms with E-state index in [2.05, 4.69) is 20.9 Å². The van der Waals surface area contributed by atoms with E-state index in [1.165, 1.54) is 6.07 Å². The molecule has 2 atom stereocenters. The van der Waals surface area contributed by atoms with Crippen molar-refractivity contribution in [2.45, 2.75) is 31.6 Å². The van der Waals surface area contributed by atoms with E-state index in [-0.39, 0.29) is 20.9 Å². The number of halogens is 2. The quantitative estimate of drug-likeness (QED) is 0.709. The van der Waals surface area contributed by atoms with Crippen molar-refractivity contribution >= 4 is 37.3 Å². The van der Waals surface area contributed by atoms with Gasteiger partial charge in [-0.15, -0.1) is 0 Å². The van der Waals surface area contributed by atoms with Gasteiger partial charge in [0, 0.05) is 18.1 Å². The topological polar surface area (TPSA) is 63.6 Å². The van der Waals surface area contributed by atoms with Gasteiger partial charge in [-0.3, -0.25) is 9.79 Å². The zero-order chi connectivity index (χ0) is 17.1. The van der Waals surface area contributed by atoms with Gasteiger partial charge in [0.05, 0.1) is 26.7 Å². The molecule has 1 saturated carbocycles. The van der Waals surface area contributed by atoms with Gasteiger partial charge in [-0.25, -0.2) is 12.8 Å². The van der Waals surface area contributed by atoms with Crippen molar-refractivity contribution in [3.8, 4) is 0 Å². The van der Waals surface area contributed by atoms with Crippen molar-refractivity contribution in [1.82, 2.24) is 0 Å². The monoisotopic (exact) mass is 411 g/mol. The lowest BCUT2D eigenvalue weighted by molar-refractivity contribution is -0.120. The van der Waals surface area contributed by atoms with Crippen LogP contribution in [0.5, 0.6) is 0 Å². The zero-order valence-corrected chi connectivity index (χ0v) is 15.2. The first-order valence-electron chi connectivity index (χ1n) is 7.89. The number of hydrogen-bond acceptors (Lipinski definition) is 4. The lowest BCUT2D eigenvalue weighted by atomic mass is 9.80. The highest BCUT2D eigenvalue weighted by Crippen LogP contribution is 2.48. The molecule has 0 bridgehead atoms. The summed E-state index contributed by atoms with van der Waals surface area (Å²) in [6.45, 7) is 0. The van der Waals surface area contributed by atoms with Gasteiger partial charge in [-0.05, 0) is 52.9 Å². The van der Waals surface area contributed by atoms with Crippen LogP contribution in [0.3, 0.4) is 0 Å². The van der Waals surface area contributed by atoms with Crippen molar-refractivity contribution in [1.29, 1.82) is 0 Å². The Morgan fingerprint density at radius 2 is 1.96 bits per heavy atom. The van der Waals surface area contributed by atoms with Gasteiger partial charge in [0.25, 0.3) is 0 Å². The molecule has 0 amide bonds. The summed E-state index contributed by atoms with van der Waals surface area (Å²) in [5.41, 5.74) is 2.02. The summed E-state index contributed by atoms with van der Waals surface area (Å²) in [7, 11) is -3.45. The number of fused-ring (bicyclic) bond motifs is 1. The summed E-state index contributed by atoms with van der Waals surface area (Å²) in [6.07, 6.45) is 2.14. The first kappa shape index (κ1) is 16.1. The molecule has 1 aromatic rings. The van der Waals surface area contributed by atoms with Crippen LogP contribution < -0.4 is 0 Å². The highest BCUT2D eigenvalue weighted by atomic mass is 79.9. The van der Waals surface area contributed by atoms with Crippen molar-refractivity contribution < 1.29 is 17.6 Å². The largest absolute Gasteiger partial charge is 0.299 e. The van der Waals surface area contributed by atoms with Gasteiger partial charge in [-0.2, -0.15) is 0 Å². The van der Waals surface area contributed by atoms with E-state index >= 15 is 0 Å². The molecule has 126 valence electrons. The van der Waals surface area contributed by atoms with Crippen LogP contribution in [0.2, 0.25) is 0 Å². The molecule has 24 heavy (non-hydrogen) atoms. The third-order valence-corrected chi connectivity index (χ3v) is 7.57. The summed E-state index contributed by atoms with van der Waals surface area (Å²) in [5, 5.41) is 0. The molecule has 3 aliphatic rings. The van der Waals surface area contributed by atoms with Crippen molar-refractivity contribution in [2.24, 2.45) is 10.9 Å². The molecule has 1 fully saturated rings. The fourth-order valence-corrected chi connectivity index (χ4v) is 6.26. The van der Waals surface area contributed by atoms with E-state index in [0.717, 1.165) is 5.71 Å². The molecule has 7 heteroatoms. The van der Waals surface area contributed by atoms with Gasteiger partial charge in [-0.1, -0.05) is 6.07 Å². The minimum atomic E-state index is -3.45. The average molecular weight is 412 g/mol. The molecule has 1 aliphatic carbocycles. The number of aliphatic imine (C=N–C) groups is 1. The number of benzene rings is 1. The maximum Gasteiger partial charge on any atom is 0.177 e. The summed E-state index contributed by atoms with van der Waals surface area (Å²) < 4.78 is 39.3. The third kappa shape index (κ3) is 2.40. The van der Waals surface area contributed by atoms with E-state index in [9.17, 15) is 17.6 Å². The molecular formula is C17H15BrFNO3S.